The molecule has 0 aliphatic carbocycles. The number of ether oxygens (including phenoxy) is 2. The maximum absolute atomic E-state index is 9.80. The smallest absolute Gasteiger partial charge is 0.122 e. The molecule has 0 amide bonds. The van der Waals surface area contributed by atoms with Crippen LogP contribution in [0.5, 0.6) is 5.75 Å². The molecule has 1 unspecified atom stereocenters. The van der Waals surface area contributed by atoms with Crippen LogP contribution in [0.1, 0.15) is 18.1 Å². The second-order valence-electron chi connectivity index (χ2n) is 4.63. The molecule has 0 saturated heterocycles. The second kappa shape index (κ2) is 8.91. The fraction of sp³-hybridized carbons (Fsp3) is 0.600. The highest BCUT2D eigenvalue weighted by Gasteiger charge is 2.06. The van der Waals surface area contributed by atoms with Crippen LogP contribution >= 0.6 is 0 Å². The van der Waals surface area contributed by atoms with E-state index in [-0.39, 0.29) is 0 Å². The van der Waals surface area contributed by atoms with Gasteiger partial charge in [0.2, 0.25) is 0 Å². The molecule has 1 rings (SSSR count). The van der Waals surface area contributed by atoms with Gasteiger partial charge in [0.25, 0.3) is 0 Å². The van der Waals surface area contributed by atoms with E-state index in [2.05, 4.69) is 5.32 Å². The van der Waals surface area contributed by atoms with Crippen LogP contribution in [0.15, 0.2) is 18.2 Å². The van der Waals surface area contributed by atoms with Gasteiger partial charge in [0, 0.05) is 19.7 Å². The Kier molecular flexibility index (Phi) is 7.48. The fourth-order valence-electron chi connectivity index (χ4n) is 1.67. The van der Waals surface area contributed by atoms with E-state index >= 15 is 0 Å². The molecule has 2 N–H and O–H groups in total. The number of benzene rings is 1. The molecule has 4 nitrogen and oxygen atoms in total. The maximum atomic E-state index is 9.80. The van der Waals surface area contributed by atoms with Gasteiger partial charge in [0.15, 0.2) is 0 Å². The van der Waals surface area contributed by atoms with E-state index in [4.69, 9.17) is 9.47 Å². The zero-order valence-corrected chi connectivity index (χ0v) is 12.1. The van der Waals surface area contributed by atoms with Gasteiger partial charge in [-0.15, -0.1) is 0 Å². The van der Waals surface area contributed by atoms with Crippen molar-refractivity contribution in [1.82, 2.24) is 5.32 Å². The molecule has 0 aliphatic heterocycles. The van der Waals surface area contributed by atoms with Crippen LogP contribution in [-0.2, 0) is 4.74 Å². The number of aliphatic hydroxyl groups excluding tert-OH is 1. The standard InChI is InChI=1S/C15H25NO3/c1-4-18-8-7-16-10-14(17)11-19-15-9-12(2)5-6-13(15)3/h5-6,9,14,16-17H,4,7-8,10-11H2,1-3H3. The van der Waals surface area contributed by atoms with Crippen molar-refractivity contribution in [3.05, 3.63) is 29.3 Å². The predicted octanol–water partition coefficient (Wildman–Crippen LogP) is 1.67. The Morgan fingerprint density at radius 1 is 1.32 bits per heavy atom. The molecule has 1 atom stereocenters. The molecule has 0 aromatic heterocycles. The highest BCUT2D eigenvalue weighted by Crippen LogP contribution is 2.19. The summed E-state index contributed by atoms with van der Waals surface area (Å²) in [6, 6.07) is 6.07. The number of rotatable bonds is 9. The number of nitrogens with one attached hydrogen (secondary N) is 1. The van der Waals surface area contributed by atoms with Gasteiger partial charge in [-0.05, 0) is 38.0 Å². The number of hydrogen-bond acceptors (Lipinski definition) is 4. The lowest BCUT2D eigenvalue weighted by Crippen LogP contribution is -2.33. The Morgan fingerprint density at radius 2 is 2.11 bits per heavy atom. The fourth-order valence-corrected chi connectivity index (χ4v) is 1.67. The average molecular weight is 267 g/mol. The monoisotopic (exact) mass is 267 g/mol. The Labute approximate surface area is 115 Å². The largest absolute Gasteiger partial charge is 0.491 e. The molecule has 19 heavy (non-hydrogen) atoms. The lowest BCUT2D eigenvalue weighted by atomic mass is 10.1. The minimum atomic E-state index is -0.512. The highest BCUT2D eigenvalue weighted by atomic mass is 16.5. The summed E-state index contributed by atoms with van der Waals surface area (Å²) in [6.45, 7) is 8.94. The summed E-state index contributed by atoms with van der Waals surface area (Å²) < 4.78 is 10.8. The minimum Gasteiger partial charge on any atom is -0.491 e. The molecule has 1 aromatic rings. The van der Waals surface area contributed by atoms with Crippen LogP contribution in [0, 0.1) is 13.8 Å². The van der Waals surface area contributed by atoms with E-state index in [9.17, 15) is 5.11 Å². The van der Waals surface area contributed by atoms with Crippen LogP contribution in [0.25, 0.3) is 0 Å². The summed E-state index contributed by atoms with van der Waals surface area (Å²) >= 11 is 0. The quantitative estimate of drug-likeness (QED) is 0.668. The summed E-state index contributed by atoms with van der Waals surface area (Å²) in [5.41, 5.74) is 2.24. The third kappa shape index (κ3) is 6.57. The number of hydrogen-bond donors (Lipinski definition) is 2. The average Bonchev–Trinajstić information content (AvgIpc) is 2.39. The van der Waals surface area contributed by atoms with Gasteiger partial charge in [0.1, 0.15) is 18.5 Å². The van der Waals surface area contributed by atoms with Crippen molar-refractivity contribution < 1.29 is 14.6 Å². The van der Waals surface area contributed by atoms with E-state index in [1.165, 1.54) is 0 Å². The van der Waals surface area contributed by atoms with Gasteiger partial charge >= 0.3 is 0 Å². The van der Waals surface area contributed by atoms with E-state index in [1.54, 1.807) is 0 Å². The van der Waals surface area contributed by atoms with Crippen LogP contribution < -0.4 is 10.1 Å². The lowest BCUT2D eigenvalue weighted by Gasteiger charge is -2.15. The van der Waals surface area contributed by atoms with Gasteiger partial charge in [-0.2, -0.15) is 0 Å². The van der Waals surface area contributed by atoms with Crippen LogP contribution in [0.3, 0.4) is 0 Å². The third-order valence-corrected chi connectivity index (χ3v) is 2.78. The van der Waals surface area contributed by atoms with E-state index in [0.717, 1.165) is 30.0 Å². The molecule has 0 radical (unpaired) electrons. The van der Waals surface area contributed by atoms with Crippen molar-refractivity contribution in [2.24, 2.45) is 0 Å². The number of aryl methyl sites for hydroxylation is 2. The van der Waals surface area contributed by atoms with Gasteiger partial charge < -0.3 is 19.9 Å². The Bertz CT molecular complexity index is 368. The first-order valence-corrected chi connectivity index (χ1v) is 6.80. The summed E-state index contributed by atoms with van der Waals surface area (Å²) in [5, 5.41) is 12.9. The first kappa shape index (κ1) is 16.0. The Morgan fingerprint density at radius 3 is 2.84 bits per heavy atom. The van der Waals surface area contributed by atoms with Gasteiger partial charge in [-0.25, -0.2) is 0 Å². The zero-order chi connectivity index (χ0) is 14.1. The lowest BCUT2D eigenvalue weighted by molar-refractivity contribution is 0.100. The van der Waals surface area contributed by atoms with Crippen molar-refractivity contribution in [3.63, 3.8) is 0 Å². The first-order valence-electron chi connectivity index (χ1n) is 6.80. The molecule has 0 spiro atoms. The predicted molar refractivity (Wildman–Crippen MR) is 76.8 cm³/mol. The normalized spacial score (nSPS) is 12.4. The van der Waals surface area contributed by atoms with E-state index < -0.39 is 6.10 Å². The molecule has 0 bridgehead atoms. The minimum absolute atomic E-state index is 0.298. The van der Waals surface area contributed by atoms with Crippen molar-refractivity contribution >= 4 is 0 Å². The SMILES string of the molecule is CCOCCNCC(O)COc1cc(C)ccc1C. The van der Waals surface area contributed by atoms with Gasteiger partial charge in [-0.1, -0.05) is 12.1 Å². The first-order chi connectivity index (χ1) is 9.13. The zero-order valence-electron chi connectivity index (χ0n) is 12.1. The topological polar surface area (TPSA) is 50.7 Å². The number of aliphatic hydroxyl groups is 1. The van der Waals surface area contributed by atoms with E-state index in [1.807, 2.05) is 39.0 Å². The summed E-state index contributed by atoms with van der Waals surface area (Å²) in [6.07, 6.45) is -0.512. The van der Waals surface area contributed by atoms with E-state index in [0.29, 0.717) is 19.8 Å². The van der Waals surface area contributed by atoms with Crippen molar-refractivity contribution in [1.29, 1.82) is 0 Å². The van der Waals surface area contributed by atoms with Crippen LogP contribution in [0.2, 0.25) is 0 Å². The molecule has 0 heterocycles. The molecular formula is C15H25NO3. The summed E-state index contributed by atoms with van der Waals surface area (Å²) in [5.74, 6) is 0.841. The molecule has 0 aliphatic rings. The summed E-state index contributed by atoms with van der Waals surface area (Å²) in [7, 11) is 0. The summed E-state index contributed by atoms with van der Waals surface area (Å²) in [4.78, 5) is 0. The second-order valence-corrected chi connectivity index (χ2v) is 4.63. The van der Waals surface area contributed by atoms with Crippen molar-refractivity contribution in [3.8, 4) is 5.75 Å². The molecule has 1 aromatic carbocycles. The third-order valence-electron chi connectivity index (χ3n) is 2.78. The Hall–Kier alpha value is -1.10. The molecular weight excluding hydrogens is 242 g/mol. The van der Waals surface area contributed by atoms with Gasteiger partial charge in [0.05, 0.1) is 6.61 Å². The van der Waals surface area contributed by atoms with Gasteiger partial charge in [-0.3, -0.25) is 0 Å². The van der Waals surface area contributed by atoms with Crippen molar-refractivity contribution in [2.45, 2.75) is 26.9 Å². The van der Waals surface area contributed by atoms with Crippen molar-refractivity contribution in [2.75, 3.05) is 32.9 Å². The molecule has 4 heteroatoms. The Balaban J connectivity index is 2.22. The molecule has 0 saturated carbocycles. The highest BCUT2D eigenvalue weighted by molar-refractivity contribution is 5.35. The maximum Gasteiger partial charge on any atom is 0.122 e. The van der Waals surface area contributed by atoms with Crippen LogP contribution in [0.4, 0.5) is 0 Å². The molecule has 0 fully saturated rings. The van der Waals surface area contributed by atoms with Crippen LogP contribution in [-0.4, -0.2) is 44.1 Å². The molecule has 108 valence electrons.